The molecule has 0 spiro atoms. The molecule has 2 aliphatic rings. The molecule has 2 atom stereocenters. The maximum absolute atomic E-state index is 13.1. The molecule has 2 aromatic rings. The van der Waals surface area contributed by atoms with Gasteiger partial charge in [0.15, 0.2) is 0 Å². The van der Waals surface area contributed by atoms with Crippen LogP contribution in [0.15, 0.2) is 24.4 Å². The summed E-state index contributed by atoms with van der Waals surface area (Å²) in [5.74, 6) is -0.508. The van der Waals surface area contributed by atoms with Crippen molar-refractivity contribution in [3.63, 3.8) is 0 Å². The number of carbonyl (C=O) groups is 2. The van der Waals surface area contributed by atoms with Crippen LogP contribution in [-0.2, 0) is 24.1 Å². The van der Waals surface area contributed by atoms with Crippen LogP contribution in [0.5, 0.6) is 0 Å². The molecule has 0 bridgehead atoms. The van der Waals surface area contributed by atoms with E-state index in [9.17, 15) is 22.8 Å². The highest BCUT2D eigenvalue weighted by Crippen LogP contribution is 2.29. The first-order valence-corrected chi connectivity index (χ1v) is 10.7. The second-order valence-electron chi connectivity index (χ2n) is 8.14. The first kappa shape index (κ1) is 22.3. The second kappa shape index (κ2) is 8.57. The van der Waals surface area contributed by atoms with Crippen molar-refractivity contribution in [2.24, 2.45) is 0 Å². The average molecular weight is 450 g/mol. The van der Waals surface area contributed by atoms with Crippen LogP contribution in [0.4, 0.5) is 13.2 Å². The summed E-state index contributed by atoms with van der Waals surface area (Å²) in [6, 6.07) is 3.48. The Morgan fingerprint density at radius 3 is 2.66 bits per heavy atom. The lowest BCUT2D eigenvalue weighted by Crippen LogP contribution is -2.50. The molecule has 0 aromatic carbocycles. The number of rotatable bonds is 5. The molecule has 0 aliphatic carbocycles. The molecule has 2 unspecified atom stereocenters. The molecule has 7 nitrogen and oxygen atoms in total. The van der Waals surface area contributed by atoms with Gasteiger partial charge in [-0.2, -0.15) is 13.2 Å². The zero-order valence-electron chi connectivity index (χ0n) is 17.9. The molecule has 4 heterocycles. The van der Waals surface area contributed by atoms with Crippen molar-refractivity contribution < 1.29 is 27.5 Å². The van der Waals surface area contributed by atoms with Crippen LogP contribution in [0.3, 0.4) is 0 Å². The fourth-order valence-corrected chi connectivity index (χ4v) is 4.10. The summed E-state index contributed by atoms with van der Waals surface area (Å²) >= 11 is 0. The summed E-state index contributed by atoms with van der Waals surface area (Å²) in [6.45, 7) is 5.64. The summed E-state index contributed by atoms with van der Waals surface area (Å²) in [6.07, 6.45) is -1.97. The van der Waals surface area contributed by atoms with Crippen LogP contribution in [0.25, 0.3) is 0 Å². The van der Waals surface area contributed by atoms with E-state index >= 15 is 0 Å². The molecular weight excluding hydrogens is 425 g/mol. The van der Waals surface area contributed by atoms with Gasteiger partial charge in [0.25, 0.3) is 11.8 Å². The Balaban J connectivity index is 1.58. The number of halogens is 3. The van der Waals surface area contributed by atoms with Crippen LogP contribution in [0.1, 0.15) is 70.5 Å². The normalized spacial score (nSPS) is 19.2. The number of amides is 2. The van der Waals surface area contributed by atoms with E-state index in [1.165, 1.54) is 6.07 Å². The second-order valence-corrected chi connectivity index (χ2v) is 8.14. The fourth-order valence-electron chi connectivity index (χ4n) is 4.10. The maximum Gasteiger partial charge on any atom is 0.433 e. The molecule has 2 aliphatic heterocycles. The minimum atomic E-state index is -4.52. The van der Waals surface area contributed by atoms with Crippen molar-refractivity contribution in [3.8, 4) is 0 Å². The number of hydrogen-bond acceptors (Lipinski definition) is 4. The maximum atomic E-state index is 13.1. The van der Waals surface area contributed by atoms with E-state index in [2.05, 4.69) is 10.3 Å². The molecule has 4 rings (SSSR count). The molecular formula is C22H25F3N4O3. The van der Waals surface area contributed by atoms with E-state index in [1.807, 2.05) is 18.4 Å². The Morgan fingerprint density at radius 1 is 1.31 bits per heavy atom. The number of carbonyl (C=O) groups excluding carboxylic acids is 2. The van der Waals surface area contributed by atoms with Crippen LogP contribution in [0, 0.1) is 0 Å². The lowest BCUT2D eigenvalue weighted by Gasteiger charge is -2.39. The summed E-state index contributed by atoms with van der Waals surface area (Å²) in [7, 11) is 0. The molecule has 1 N–H and O–H groups in total. The Bertz CT molecular complexity index is 1020. The van der Waals surface area contributed by atoms with Gasteiger partial charge in [-0.15, -0.1) is 0 Å². The Kier molecular flexibility index (Phi) is 5.98. The molecule has 1 fully saturated rings. The van der Waals surface area contributed by atoms with Gasteiger partial charge in [0, 0.05) is 25.3 Å². The van der Waals surface area contributed by atoms with Crippen molar-refractivity contribution in [2.45, 2.75) is 58.1 Å². The Morgan fingerprint density at radius 2 is 2.09 bits per heavy atom. The van der Waals surface area contributed by atoms with Gasteiger partial charge >= 0.3 is 6.18 Å². The highest BCUT2D eigenvalue weighted by Gasteiger charge is 2.35. The van der Waals surface area contributed by atoms with E-state index in [4.69, 9.17) is 4.74 Å². The lowest BCUT2D eigenvalue weighted by atomic mass is 10.0. The van der Waals surface area contributed by atoms with E-state index in [0.29, 0.717) is 48.6 Å². The molecule has 2 amide bonds. The summed E-state index contributed by atoms with van der Waals surface area (Å²) in [5.41, 5.74) is 0.933. The monoisotopic (exact) mass is 450 g/mol. The van der Waals surface area contributed by atoms with Gasteiger partial charge in [0.05, 0.1) is 30.5 Å². The predicted octanol–water partition coefficient (Wildman–Crippen LogP) is 3.55. The van der Waals surface area contributed by atoms with Gasteiger partial charge in [0.1, 0.15) is 11.4 Å². The zero-order valence-corrected chi connectivity index (χ0v) is 17.9. The quantitative estimate of drug-likeness (QED) is 0.756. The van der Waals surface area contributed by atoms with Gasteiger partial charge in [-0.25, -0.2) is 0 Å². The molecule has 0 radical (unpaired) electrons. The zero-order chi connectivity index (χ0) is 23.0. The first-order valence-electron chi connectivity index (χ1n) is 10.7. The van der Waals surface area contributed by atoms with Crippen molar-refractivity contribution >= 4 is 11.8 Å². The number of fused-ring (bicyclic) bond motifs is 1. The van der Waals surface area contributed by atoms with Gasteiger partial charge in [-0.3, -0.25) is 14.6 Å². The molecule has 10 heteroatoms. The van der Waals surface area contributed by atoms with E-state index in [-0.39, 0.29) is 18.6 Å². The number of alkyl halides is 3. The molecule has 32 heavy (non-hydrogen) atoms. The number of ether oxygens (including phenoxy) is 1. The topological polar surface area (TPSA) is 76.5 Å². The van der Waals surface area contributed by atoms with Gasteiger partial charge in [-0.05, 0) is 37.5 Å². The third-order valence-electron chi connectivity index (χ3n) is 6.14. The van der Waals surface area contributed by atoms with Crippen molar-refractivity contribution in [1.82, 2.24) is 19.8 Å². The summed E-state index contributed by atoms with van der Waals surface area (Å²) in [4.78, 5) is 31.4. The van der Waals surface area contributed by atoms with E-state index in [0.717, 1.165) is 18.7 Å². The third-order valence-corrected chi connectivity index (χ3v) is 6.14. The first-order chi connectivity index (χ1) is 15.2. The van der Waals surface area contributed by atoms with Crippen LogP contribution in [-0.4, -0.2) is 45.5 Å². The highest BCUT2D eigenvalue weighted by atomic mass is 19.4. The van der Waals surface area contributed by atoms with Crippen LogP contribution < -0.4 is 5.32 Å². The Labute approximate surface area is 183 Å². The number of hydrogen-bond donors (Lipinski definition) is 1. The molecule has 2 aromatic heterocycles. The SMILES string of the molecule is CCC(NC(=O)c1cc(C(=O)N2CCC2C)n2c1COCC2)c1ccc(C(F)(F)F)nc1. The smallest absolute Gasteiger partial charge is 0.373 e. The van der Waals surface area contributed by atoms with Gasteiger partial charge in [-0.1, -0.05) is 13.0 Å². The minimum absolute atomic E-state index is 0.107. The Hall–Kier alpha value is -2.88. The number of likely N-dealkylation sites (tertiary alicyclic amines) is 1. The highest BCUT2D eigenvalue weighted by molar-refractivity contribution is 6.01. The fraction of sp³-hybridized carbons (Fsp3) is 0.500. The number of nitrogens with one attached hydrogen (secondary N) is 1. The average Bonchev–Trinajstić information content (AvgIpc) is 3.15. The van der Waals surface area contributed by atoms with E-state index < -0.39 is 23.8 Å². The summed E-state index contributed by atoms with van der Waals surface area (Å²) < 4.78 is 45.7. The van der Waals surface area contributed by atoms with Crippen LogP contribution >= 0.6 is 0 Å². The van der Waals surface area contributed by atoms with Crippen molar-refractivity contribution in [3.05, 3.63) is 52.6 Å². The largest absolute Gasteiger partial charge is 0.433 e. The number of aromatic nitrogens is 2. The van der Waals surface area contributed by atoms with Crippen LogP contribution in [0.2, 0.25) is 0 Å². The predicted molar refractivity (Wildman–Crippen MR) is 109 cm³/mol. The summed E-state index contributed by atoms with van der Waals surface area (Å²) in [5, 5.41) is 2.87. The lowest BCUT2D eigenvalue weighted by molar-refractivity contribution is -0.141. The number of pyridine rings is 1. The molecule has 172 valence electrons. The standard InChI is InChI=1S/C22H25F3N4O3/c1-3-16(14-4-5-19(26-11-14)22(23,24)25)27-20(30)15-10-17(21(31)28-7-6-13(28)2)29-8-9-32-12-18(15)29/h4-5,10-11,13,16H,3,6-9,12H2,1-2H3,(H,27,30). The molecule has 0 saturated carbocycles. The van der Waals surface area contributed by atoms with Gasteiger partial charge < -0.3 is 19.5 Å². The van der Waals surface area contributed by atoms with E-state index in [1.54, 1.807) is 11.0 Å². The minimum Gasteiger partial charge on any atom is -0.373 e. The molecule has 1 saturated heterocycles. The van der Waals surface area contributed by atoms with Gasteiger partial charge in [0.2, 0.25) is 0 Å². The van der Waals surface area contributed by atoms with Crippen molar-refractivity contribution in [1.29, 1.82) is 0 Å². The van der Waals surface area contributed by atoms with Crippen molar-refractivity contribution in [2.75, 3.05) is 13.2 Å². The number of nitrogens with zero attached hydrogens (tertiary/aromatic N) is 3. The third kappa shape index (κ3) is 4.11.